The highest BCUT2D eigenvalue weighted by Crippen LogP contribution is 2.17. The van der Waals surface area contributed by atoms with Gasteiger partial charge in [-0.3, -0.25) is 4.79 Å². The molecule has 0 saturated carbocycles. The van der Waals surface area contributed by atoms with Crippen LogP contribution in [0.15, 0.2) is 4.42 Å². The van der Waals surface area contributed by atoms with Gasteiger partial charge in [0.15, 0.2) is 11.6 Å². The molecule has 1 aliphatic rings. The monoisotopic (exact) mass is 252 g/mol. The fourth-order valence-electron chi connectivity index (χ4n) is 1.97. The number of aromatic nitrogens is 1. The molecule has 1 N–H and O–H groups in total. The van der Waals surface area contributed by atoms with Crippen molar-refractivity contribution in [2.45, 2.75) is 45.6 Å². The van der Waals surface area contributed by atoms with E-state index in [0.29, 0.717) is 23.9 Å². The van der Waals surface area contributed by atoms with Crippen LogP contribution in [0, 0.1) is 6.92 Å². The van der Waals surface area contributed by atoms with Crippen molar-refractivity contribution < 1.29 is 13.9 Å². The molecule has 0 radical (unpaired) electrons. The second kappa shape index (κ2) is 5.52. The molecule has 0 spiro atoms. The molecule has 1 fully saturated rings. The first-order chi connectivity index (χ1) is 8.58. The Kier molecular flexibility index (Phi) is 4.01. The Bertz CT molecular complexity index is 420. The van der Waals surface area contributed by atoms with Crippen molar-refractivity contribution in [2.24, 2.45) is 0 Å². The number of amides is 1. The van der Waals surface area contributed by atoms with Crippen molar-refractivity contribution in [3.63, 3.8) is 0 Å². The van der Waals surface area contributed by atoms with Gasteiger partial charge in [-0.25, -0.2) is 4.98 Å². The number of hydrogen-bond acceptors (Lipinski definition) is 4. The molecule has 2 rings (SSSR count). The van der Waals surface area contributed by atoms with Gasteiger partial charge in [-0.2, -0.15) is 0 Å². The summed E-state index contributed by atoms with van der Waals surface area (Å²) in [6, 6.07) is 0. The Morgan fingerprint density at radius 3 is 2.89 bits per heavy atom. The normalized spacial score (nSPS) is 19.4. The molecule has 0 bridgehead atoms. The summed E-state index contributed by atoms with van der Waals surface area (Å²) in [7, 11) is 0. The van der Waals surface area contributed by atoms with Crippen LogP contribution in [0.25, 0.3) is 0 Å². The van der Waals surface area contributed by atoms with Gasteiger partial charge in [0, 0.05) is 19.1 Å². The topological polar surface area (TPSA) is 64.4 Å². The van der Waals surface area contributed by atoms with Gasteiger partial charge < -0.3 is 14.5 Å². The number of carbonyl (C=O) groups excluding carboxylic acids is 1. The molecule has 5 heteroatoms. The molecule has 1 aromatic rings. The number of aryl methyl sites for hydroxylation is 1. The third-order valence-electron chi connectivity index (χ3n) is 3.04. The Hall–Kier alpha value is -1.36. The van der Waals surface area contributed by atoms with Crippen LogP contribution in [0.1, 0.15) is 54.7 Å². The highest BCUT2D eigenvalue weighted by molar-refractivity contribution is 5.93. The van der Waals surface area contributed by atoms with E-state index in [9.17, 15) is 4.79 Å². The van der Waals surface area contributed by atoms with Crippen molar-refractivity contribution in [3.8, 4) is 0 Å². The average molecular weight is 252 g/mol. The van der Waals surface area contributed by atoms with Gasteiger partial charge in [0.05, 0.1) is 6.10 Å². The standard InChI is InChI=1S/C13H20N2O3/c1-8(2)13-15-11(9(3)18-13)12(16)14-7-10-5-4-6-17-10/h8,10H,4-7H2,1-3H3,(H,14,16). The van der Waals surface area contributed by atoms with Crippen LogP contribution in [0.5, 0.6) is 0 Å². The molecule has 2 heterocycles. The Morgan fingerprint density at radius 1 is 1.56 bits per heavy atom. The summed E-state index contributed by atoms with van der Waals surface area (Å²) in [6.45, 7) is 7.07. The zero-order chi connectivity index (χ0) is 13.1. The lowest BCUT2D eigenvalue weighted by atomic mass is 10.2. The maximum absolute atomic E-state index is 12.0. The first-order valence-corrected chi connectivity index (χ1v) is 6.45. The summed E-state index contributed by atoms with van der Waals surface area (Å²) in [4.78, 5) is 16.2. The molecular weight excluding hydrogens is 232 g/mol. The maximum Gasteiger partial charge on any atom is 0.273 e. The summed E-state index contributed by atoms with van der Waals surface area (Å²) in [5.74, 6) is 1.18. The number of oxazole rings is 1. The van der Waals surface area contributed by atoms with Crippen LogP contribution in [-0.4, -0.2) is 30.1 Å². The molecule has 1 aliphatic heterocycles. The Balaban J connectivity index is 1.95. The van der Waals surface area contributed by atoms with Crippen molar-refractivity contribution >= 4 is 5.91 Å². The minimum absolute atomic E-state index is 0.144. The van der Waals surface area contributed by atoms with Gasteiger partial charge in [0.1, 0.15) is 5.76 Å². The Morgan fingerprint density at radius 2 is 2.33 bits per heavy atom. The van der Waals surface area contributed by atoms with E-state index in [0.717, 1.165) is 19.4 Å². The van der Waals surface area contributed by atoms with Crippen LogP contribution in [0.4, 0.5) is 0 Å². The SMILES string of the molecule is Cc1oc(C(C)C)nc1C(=O)NCC1CCCO1. The van der Waals surface area contributed by atoms with Gasteiger partial charge in [0.25, 0.3) is 5.91 Å². The van der Waals surface area contributed by atoms with Crippen LogP contribution < -0.4 is 5.32 Å². The van der Waals surface area contributed by atoms with Gasteiger partial charge in [-0.05, 0) is 19.8 Å². The first-order valence-electron chi connectivity index (χ1n) is 6.45. The second-order valence-corrected chi connectivity index (χ2v) is 4.96. The molecule has 18 heavy (non-hydrogen) atoms. The minimum atomic E-state index is -0.182. The minimum Gasteiger partial charge on any atom is -0.445 e. The van der Waals surface area contributed by atoms with E-state index in [1.165, 1.54) is 0 Å². The lowest BCUT2D eigenvalue weighted by molar-refractivity contribution is 0.0853. The molecule has 100 valence electrons. The van der Waals surface area contributed by atoms with Crippen LogP contribution in [-0.2, 0) is 4.74 Å². The number of carbonyl (C=O) groups is 1. The predicted octanol–water partition coefficient (Wildman–Crippen LogP) is 2.02. The molecule has 0 aliphatic carbocycles. The third-order valence-corrected chi connectivity index (χ3v) is 3.04. The van der Waals surface area contributed by atoms with E-state index < -0.39 is 0 Å². The number of nitrogens with one attached hydrogen (secondary N) is 1. The summed E-state index contributed by atoms with van der Waals surface area (Å²) < 4.78 is 10.9. The molecule has 0 aromatic carbocycles. The molecule has 1 aromatic heterocycles. The lowest BCUT2D eigenvalue weighted by Gasteiger charge is -2.09. The lowest BCUT2D eigenvalue weighted by Crippen LogP contribution is -2.32. The van der Waals surface area contributed by atoms with Crippen LogP contribution >= 0.6 is 0 Å². The summed E-state index contributed by atoms with van der Waals surface area (Å²) in [6.07, 6.45) is 2.22. The van der Waals surface area contributed by atoms with E-state index in [1.54, 1.807) is 6.92 Å². The molecule has 1 unspecified atom stereocenters. The van der Waals surface area contributed by atoms with E-state index in [4.69, 9.17) is 9.15 Å². The summed E-state index contributed by atoms with van der Waals surface area (Å²) in [5, 5.41) is 2.85. The van der Waals surface area contributed by atoms with Gasteiger partial charge in [-0.15, -0.1) is 0 Å². The molecular formula is C13H20N2O3. The van der Waals surface area contributed by atoms with Crippen molar-refractivity contribution in [3.05, 3.63) is 17.3 Å². The predicted molar refractivity (Wildman–Crippen MR) is 66.6 cm³/mol. The number of ether oxygens (including phenoxy) is 1. The molecule has 5 nitrogen and oxygen atoms in total. The number of hydrogen-bond donors (Lipinski definition) is 1. The van der Waals surface area contributed by atoms with E-state index in [-0.39, 0.29) is 17.9 Å². The quantitative estimate of drug-likeness (QED) is 0.890. The van der Waals surface area contributed by atoms with Gasteiger partial charge in [0.2, 0.25) is 0 Å². The van der Waals surface area contributed by atoms with Gasteiger partial charge >= 0.3 is 0 Å². The number of nitrogens with zero attached hydrogens (tertiary/aromatic N) is 1. The average Bonchev–Trinajstić information content (AvgIpc) is 2.94. The Labute approximate surface area is 107 Å². The zero-order valence-corrected chi connectivity index (χ0v) is 11.2. The highest BCUT2D eigenvalue weighted by Gasteiger charge is 2.21. The largest absolute Gasteiger partial charge is 0.445 e. The summed E-state index contributed by atoms with van der Waals surface area (Å²) in [5.41, 5.74) is 0.386. The van der Waals surface area contributed by atoms with E-state index in [1.807, 2.05) is 13.8 Å². The fourth-order valence-corrected chi connectivity index (χ4v) is 1.97. The van der Waals surface area contributed by atoms with E-state index in [2.05, 4.69) is 10.3 Å². The molecule has 1 saturated heterocycles. The zero-order valence-electron chi connectivity index (χ0n) is 11.2. The first kappa shape index (κ1) is 13.1. The smallest absolute Gasteiger partial charge is 0.273 e. The molecule has 1 atom stereocenters. The second-order valence-electron chi connectivity index (χ2n) is 4.96. The van der Waals surface area contributed by atoms with Gasteiger partial charge in [-0.1, -0.05) is 13.8 Å². The maximum atomic E-state index is 12.0. The van der Waals surface area contributed by atoms with Crippen molar-refractivity contribution in [1.82, 2.24) is 10.3 Å². The third kappa shape index (κ3) is 2.90. The fraction of sp³-hybridized carbons (Fsp3) is 0.692. The summed E-state index contributed by atoms with van der Waals surface area (Å²) >= 11 is 0. The highest BCUT2D eigenvalue weighted by atomic mass is 16.5. The van der Waals surface area contributed by atoms with Crippen LogP contribution in [0.2, 0.25) is 0 Å². The van der Waals surface area contributed by atoms with Crippen LogP contribution in [0.3, 0.4) is 0 Å². The number of rotatable bonds is 4. The van der Waals surface area contributed by atoms with Crippen molar-refractivity contribution in [1.29, 1.82) is 0 Å². The van der Waals surface area contributed by atoms with Crippen molar-refractivity contribution in [2.75, 3.05) is 13.2 Å². The molecule has 1 amide bonds. The van der Waals surface area contributed by atoms with E-state index >= 15 is 0 Å².